The van der Waals surface area contributed by atoms with E-state index in [2.05, 4.69) is 0 Å². The lowest BCUT2D eigenvalue weighted by atomic mass is 10.2. The van der Waals surface area contributed by atoms with Crippen molar-refractivity contribution >= 4 is 34.0 Å². The Morgan fingerprint density at radius 2 is 1.13 bits per heavy atom. The molecule has 6 heteroatoms. The van der Waals surface area contributed by atoms with Crippen molar-refractivity contribution in [3.63, 3.8) is 0 Å². The Bertz CT molecular complexity index is 1030. The van der Waals surface area contributed by atoms with E-state index >= 15 is 0 Å². The molecule has 3 rings (SSSR count). The van der Waals surface area contributed by atoms with Crippen LogP contribution >= 0.6 is 6.04 Å². The zero-order chi connectivity index (χ0) is 21.9. The van der Waals surface area contributed by atoms with E-state index < -0.39 is 6.04 Å². The first-order chi connectivity index (χ1) is 14.3. The smallest absolute Gasteiger partial charge is 0.209 e. The van der Waals surface area contributed by atoms with E-state index in [1.165, 1.54) is 14.2 Å². The Morgan fingerprint density at radius 3 is 1.47 bits per heavy atom. The van der Waals surface area contributed by atoms with Gasteiger partial charge in [-0.05, 0) is 24.5 Å². The molecule has 0 saturated heterocycles. The zero-order valence-electron chi connectivity index (χ0n) is 17.8. The summed E-state index contributed by atoms with van der Waals surface area (Å²) in [4.78, 5) is 14.1. The summed E-state index contributed by atoms with van der Waals surface area (Å²) in [5, 5.41) is 1.66. The van der Waals surface area contributed by atoms with Crippen LogP contribution in [0.2, 0.25) is 0 Å². The molecule has 0 unspecified atom stereocenters. The molecule has 3 aromatic carbocycles. The lowest BCUT2D eigenvalue weighted by Gasteiger charge is -2.24. The summed E-state index contributed by atoms with van der Waals surface area (Å²) in [5.41, 5.74) is 2.37. The Morgan fingerprint density at radius 1 is 0.733 bits per heavy atom. The van der Waals surface area contributed by atoms with Gasteiger partial charge < -0.3 is 14.2 Å². The molecule has 0 atom stereocenters. The van der Waals surface area contributed by atoms with Gasteiger partial charge in [0.2, 0.25) is 5.52 Å². The average Bonchev–Trinajstić information content (AvgIpc) is 2.77. The molecule has 0 aliphatic carbocycles. The molecule has 0 saturated carbocycles. The summed E-state index contributed by atoms with van der Waals surface area (Å²) in [5.74, 6) is 1.30. The molecule has 30 heavy (non-hydrogen) atoms. The van der Waals surface area contributed by atoms with Crippen LogP contribution in [0.5, 0.6) is 17.2 Å². The lowest BCUT2D eigenvalue weighted by molar-refractivity contribution is 0.107. The first kappa shape index (κ1) is 22.1. The number of benzene rings is 3. The van der Waals surface area contributed by atoms with Crippen LogP contribution in [0.15, 0.2) is 60.7 Å². The molecule has 0 aliphatic rings. The predicted octanol–water partition coefficient (Wildman–Crippen LogP) is 4.60. The standard InChI is InChI=1S/C24H25O4PS/c1-16-6-10-19(11-7-16)29(30,20-12-8-17(2)9-13-20)24(25)23-21(27-4)14-18(26-3)15-22(23)28-5/h6-15H,1-5H3. The van der Waals surface area contributed by atoms with Gasteiger partial charge in [0, 0.05) is 12.1 Å². The van der Waals surface area contributed by atoms with E-state index in [0.717, 1.165) is 21.7 Å². The van der Waals surface area contributed by atoms with Crippen LogP contribution in [-0.2, 0) is 11.8 Å². The normalized spacial score (nSPS) is 11.1. The quantitative estimate of drug-likeness (QED) is 0.503. The summed E-state index contributed by atoms with van der Waals surface area (Å²) in [6.07, 6.45) is 0. The van der Waals surface area contributed by atoms with E-state index in [9.17, 15) is 4.79 Å². The molecule has 156 valence electrons. The molecular weight excluding hydrogens is 415 g/mol. The van der Waals surface area contributed by atoms with Gasteiger partial charge in [-0.25, -0.2) is 0 Å². The molecule has 0 radical (unpaired) electrons. The van der Waals surface area contributed by atoms with Crippen molar-refractivity contribution in [2.75, 3.05) is 21.3 Å². The summed E-state index contributed by atoms with van der Waals surface area (Å²) >= 11 is 6.22. The number of ether oxygens (including phenoxy) is 3. The van der Waals surface area contributed by atoms with Crippen LogP contribution in [0.3, 0.4) is 0 Å². The van der Waals surface area contributed by atoms with Crippen molar-refractivity contribution in [2.45, 2.75) is 13.8 Å². The van der Waals surface area contributed by atoms with Crippen molar-refractivity contribution in [1.82, 2.24) is 0 Å². The van der Waals surface area contributed by atoms with E-state index in [1.54, 1.807) is 19.2 Å². The van der Waals surface area contributed by atoms with E-state index in [4.69, 9.17) is 26.0 Å². The number of aryl methyl sites for hydroxylation is 2. The van der Waals surface area contributed by atoms with Crippen molar-refractivity contribution in [3.05, 3.63) is 77.4 Å². The maximum atomic E-state index is 14.1. The Kier molecular flexibility index (Phi) is 6.64. The highest BCUT2D eigenvalue weighted by Crippen LogP contribution is 2.51. The second kappa shape index (κ2) is 9.03. The third kappa shape index (κ3) is 4.00. The van der Waals surface area contributed by atoms with Crippen LogP contribution in [0.4, 0.5) is 0 Å². The fourth-order valence-corrected chi connectivity index (χ4v) is 6.71. The lowest BCUT2D eigenvalue weighted by Crippen LogP contribution is -2.23. The number of carbonyl (C=O) groups excluding carboxylic acids is 1. The third-order valence-corrected chi connectivity index (χ3v) is 9.62. The van der Waals surface area contributed by atoms with Gasteiger partial charge in [0.15, 0.2) is 0 Å². The van der Waals surface area contributed by atoms with Crippen LogP contribution < -0.4 is 24.8 Å². The first-order valence-corrected chi connectivity index (χ1v) is 12.2. The van der Waals surface area contributed by atoms with Crippen LogP contribution in [0.1, 0.15) is 21.5 Å². The maximum Gasteiger partial charge on any atom is 0.209 e. The monoisotopic (exact) mass is 440 g/mol. The van der Waals surface area contributed by atoms with Gasteiger partial charge in [-0.15, -0.1) is 0 Å². The van der Waals surface area contributed by atoms with Gasteiger partial charge in [-0.3, -0.25) is 4.79 Å². The number of hydrogen-bond donors (Lipinski definition) is 0. The van der Waals surface area contributed by atoms with Crippen molar-refractivity contribution in [2.24, 2.45) is 0 Å². The largest absolute Gasteiger partial charge is 0.496 e. The van der Waals surface area contributed by atoms with Crippen LogP contribution in [-0.4, -0.2) is 26.9 Å². The molecule has 0 bridgehead atoms. The summed E-state index contributed by atoms with van der Waals surface area (Å²) < 4.78 is 16.4. The van der Waals surface area contributed by atoms with Gasteiger partial charge in [0.25, 0.3) is 0 Å². The Hall–Kier alpha value is -2.62. The third-order valence-electron chi connectivity index (χ3n) is 5.01. The minimum absolute atomic E-state index is 0.179. The molecule has 0 spiro atoms. The second-order valence-electron chi connectivity index (χ2n) is 6.99. The molecular formula is C24H25O4PS. The summed E-state index contributed by atoms with van der Waals surface area (Å²) in [6.45, 7) is 4.02. The minimum Gasteiger partial charge on any atom is -0.496 e. The zero-order valence-corrected chi connectivity index (χ0v) is 19.5. The van der Waals surface area contributed by atoms with E-state index in [1.807, 2.05) is 62.4 Å². The molecule has 3 aromatic rings. The maximum absolute atomic E-state index is 14.1. The SMILES string of the molecule is COc1cc(OC)c(C(=O)P(=S)(c2ccc(C)cc2)c2ccc(C)cc2)c(OC)c1. The van der Waals surface area contributed by atoms with Crippen molar-refractivity contribution < 1.29 is 19.0 Å². The summed E-state index contributed by atoms with van der Waals surface area (Å²) in [6, 6.07) is 16.2. The van der Waals surface area contributed by atoms with Gasteiger partial charge in [-0.1, -0.05) is 71.5 Å². The van der Waals surface area contributed by atoms with Gasteiger partial charge in [0.1, 0.15) is 22.8 Å². The molecule has 0 N–H and O–H groups in total. The molecule has 4 nitrogen and oxygen atoms in total. The molecule has 0 fully saturated rings. The number of hydrogen-bond acceptors (Lipinski definition) is 5. The highest BCUT2D eigenvalue weighted by Gasteiger charge is 2.36. The van der Waals surface area contributed by atoms with Crippen molar-refractivity contribution in [1.29, 1.82) is 0 Å². The average molecular weight is 441 g/mol. The van der Waals surface area contributed by atoms with Crippen molar-refractivity contribution in [3.8, 4) is 17.2 Å². The predicted molar refractivity (Wildman–Crippen MR) is 126 cm³/mol. The van der Waals surface area contributed by atoms with Crippen LogP contribution in [0.25, 0.3) is 0 Å². The molecule has 0 aliphatic heterocycles. The Labute approximate surface area is 182 Å². The number of carbonyl (C=O) groups is 1. The fourth-order valence-electron chi connectivity index (χ4n) is 3.27. The van der Waals surface area contributed by atoms with E-state index in [-0.39, 0.29) is 5.52 Å². The number of rotatable bonds is 7. The second-order valence-corrected chi connectivity index (χ2v) is 11.3. The highest BCUT2D eigenvalue weighted by atomic mass is 32.4. The molecule has 0 aromatic heterocycles. The topological polar surface area (TPSA) is 44.8 Å². The molecule has 0 amide bonds. The Balaban J connectivity index is 2.30. The van der Waals surface area contributed by atoms with Gasteiger partial charge in [-0.2, -0.15) is 0 Å². The fraction of sp³-hybridized carbons (Fsp3) is 0.208. The van der Waals surface area contributed by atoms with Gasteiger partial charge >= 0.3 is 0 Å². The minimum atomic E-state index is -2.89. The molecule has 0 heterocycles. The summed E-state index contributed by atoms with van der Waals surface area (Å²) in [7, 11) is 4.59. The van der Waals surface area contributed by atoms with Crippen LogP contribution in [0, 0.1) is 13.8 Å². The highest BCUT2D eigenvalue weighted by molar-refractivity contribution is 8.30. The van der Waals surface area contributed by atoms with Gasteiger partial charge in [0.05, 0.1) is 27.4 Å². The first-order valence-electron chi connectivity index (χ1n) is 9.44. The number of methoxy groups -OCH3 is 3. The van der Waals surface area contributed by atoms with E-state index in [0.29, 0.717) is 22.8 Å².